The van der Waals surface area contributed by atoms with Crippen LogP contribution in [0.1, 0.15) is 18.1 Å². The second-order valence-corrected chi connectivity index (χ2v) is 6.64. The van der Waals surface area contributed by atoms with Gasteiger partial charge in [0.25, 0.3) is 0 Å². The van der Waals surface area contributed by atoms with E-state index >= 15 is 0 Å². The smallest absolute Gasteiger partial charge is 0.248 e. The Labute approximate surface area is 189 Å². The van der Waals surface area contributed by atoms with Crippen molar-refractivity contribution >= 4 is 41.5 Å². The molecule has 29 heavy (non-hydrogen) atoms. The Morgan fingerprint density at radius 2 is 1.90 bits per heavy atom. The van der Waals surface area contributed by atoms with Crippen LogP contribution in [0.2, 0.25) is 0 Å². The third kappa shape index (κ3) is 6.35. The number of benzene rings is 2. The lowest BCUT2D eigenvalue weighted by atomic mass is 10.1. The van der Waals surface area contributed by atoms with Gasteiger partial charge in [-0.05, 0) is 49.1 Å². The van der Waals surface area contributed by atoms with Crippen LogP contribution in [0.3, 0.4) is 0 Å². The van der Waals surface area contributed by atoms with Crippen molar-refractivity contribution in [1.82, 2.24) is 10.6 Å². The molecule has 2 N–H and O–H groups in total. The van der Waals surface area contributed by atoms with E-state index in [-0.39, 0.29) is 36.4 Å². The van der Waals surface area contributed by atoms with E-state index in [0.717, 1.165) is 43.9 Å². The topological polar surface area (TPSA) is 66.0 Å². The van der Waals surface area contributed by atoms with Gasteiger partial charge in [0.1, 0.15) is 12.3 Å². The van der Waals surface area contributed by atoms with Gasteiger partial charge in [-0.25, -0.2) is 4.99 Å². The summed E-state index contributed by atoms with van der Waals surface area (Å²) in [6.07, 6.45) is 1.77. The molecule has 6 nitrogen and oxygen atoms in total. The van der Waals surface area contributed by atoms with Gasteiger partial charge in [-0.15, -0.1) is 24.0 Å². The van der Waals surface area contributed by atoms with Crippen molar-refractivity contribution < 1.29 is 9.53 Å². The highest BCUT2D eigenvalue weighted by Crippen LogP contribution is 2.27. The van der Waals surface area contributed by atoms with E-state index in [4.69, 9.17) is 4.74 Å². The van der Waals surface area contributed by atoms with Crippen molar-refractivity contribution in [3.63, 3.8) is 0 Å². The van der Waals surface area contributed by atoms with Crippen LogP contribution in [-0.2, 0) is 17.6 Å². The molecule has 1 heterocycles. The fourth-order valence-corrected chi connectivity index (χ4v) is 3.29. The number of ether oxygens (including phenoxy) is 1. The van der Waals surface area contributed by atoms with Gasteiger partial charge in [-0.1, -0.05) is 30.3 Å². The van der Waals surface area contributed by atoms with Gasteiger partial charge >= 0.3 is 0 Å². The monoisotopic (exact) mass is 508 g/mol. The number of guanidine groups is 1. The molecule has 0 fully saturated rings. The minimum atomic E-state index is 0. The summed E-state index contributed by atoms with van der Waals surface area (Å²) in [5.41, 5.74) is 3.46. The maximum Gasteiger partial charge on any atom is 0.248 e. The minimum Gasteiger partial charge on any atom is -0.497 e. The lowest BCUT2D eigenvalue weighted by Gasteiger charge is -2.17. The molecule has 7 heteroatoms. The Kier molecular flexibility index (Phi) is 9.24. The fraction of sp³-hybridized carbons (Fsp3) is 0.364. The molecule has 156 valence electrons. The summed E-state index contributed by atoms with van der Waals surface area (Å²) in [5.74, 6) is 1.54. The Hall–Kier alpha value is -2.29. The predicted octanol–water partition coefficient (Wildman–Crippen LogP) is 3.00. The zero-order chi connectivity index (χ0) is 19.8. The number of aliphatic imine (C=N–C) groups is 1. The van der Waals surface area contributed by atoms with Crippen LogP contribution in [0, 0.1) is 0 Å². The number of hydrogen-bond acceptors (Lipinski definition) is 3. The zero-order valence-corrected chi connectivity index (χ0v) is 19.3. The molecule has 3 rings (SSSR count). The Bertz CT molecular complexity index is 824. The summed E-state index contributed by atoms with van der Waals surface area (Å²) in [4.78, 5) is 18.9. The molecule has 0 bridgehead atoms. The van der Waals surface area contributed by atoms with E-state index in [9.17, 15) is 4.79 Å². The number of para-hydroxylation sites is 1. The summed E-state index contributed by atoms with van der Waals surface area (Å²) >= 11 is 0. The van der Waals surface area contributed by atoms with Crippen molar-refractivity contribution in [2.45, 2.75) is 19.8 Å². The van der Waals surface area contributed by atoms with E-state index in [1.54, 1.807) is 7.11 Å². The number of amides is 1. The molecule has 1 amide bonds. The van der Waals surface area contributed by atoms with E-state index < -0.39 is 0 Å². The molecule has 0 unspecified atom stereocenters. The Balaban J connectivity index is 0.00000300. The third-order valence-corrected chi connectivity index (χ3v) is 4.77. The van der Waals surface area contributed by atoms with Gasteiger partial charge in [0, 0.05) is 25.3 Å². The molecular weight excluding hydrogens is 479 g/mol. The molecule has 2 aromatic carbocycles. The summed E-state index contributed by atoms with van der Waals surface area (Å²) in [7, 11) is 1.66. The predicted molar refractivity (Wildman–Crippen MR) is 129 cm³/mol. The molecule has 1 aliphatic rings. The fourth-order valence-electron chi connectivity index (χ4n) is 3.29. The zero-order valence-electron chi connectivity index (χ0n) is 17.0. The molecule has 0 spiro atoms. The lowest BCUT2D eigenvalue weighted by Crippen LogP contribution is -2.39. The first-order chi connectivity index (χ1) is 13.7. The van der Waals surface area contributed by atoms with Gasteiger partial charge in [0.05, 0.1) is 7.11 Å². The number of halogens is 1. The molecule has 2 aromatic rings. The second-order valence-electron chi connectivity index (χ2n) is 6.64. The van der Waals surface area contributed by atoms with E-state index in [0.29, 0.717) is 5.96 Å². The molecular formula is C22H29IN4O2. The van der Waals surface area contributed by atoms with Crippen LogP contribution >= 0.6 is 24.0 Å². The van der Waals surface area contributed by atoms with Crippen molar-refractivity contribution in [2.75, 3.05) is 38.2 Å². The highest BCUT2D eigenvalue weighted by molar-refractivity contribution is 14.0. The van der Waals surface area contributed by atoms with E-state index in [2.05, 4.69) is 33.8 Å². The van der Waals surface area contributed by atoms with Gasteiger partial charge < -0.3 is 20.3 Å². The third-order valence-electron chi connectivity index (χ3n) is 4.77. The lowest BCUT2D eigenvalue weighted by molar-refractivity contribution is -0.117. The summed E-state index contributed by atoms with van der Waals surface area (Å²) in [6.45, 7) is 4.36. The van der Waals surface area contributed by atoms with Gasteiger partial charge in [0.15, 0.2) is 5.96 Å². The maximum absolute atomic E-state index is 12.6. The van der Waals surface area contributed by atoms with Crippen LogP contribution in [0.5, 0.6) is 5.75 Å². The van der Waals surface area contributed by atoms with Crippen LogP contribution in [0.4, 0.5) is 5.69 Å². The van der Waals surface area contributed by atoms with E-state index in [1.165, 1.54) is 11.1 Å². The number of carbonyl (C=O) groups excluding carboxylic acids is 1. The largest absolute Gasteiger partial charge is 0.497 e. The Morgan fingerprint density at radius 1 is 1.14 bits per heavy atom. The summed E-state index contributed by atoms with van der Waals surface area (Å²) < 4.78 is 5.18. The number of carbonyl (C=O) groups is 1. The average Bonchev–Trinajstić information content (AvgIpc) is 3.16. The van der Waals surface area contributed by atoms with Crippen molar-refractivity contribution in [3.05, 3.63) is 59.7 Å². The highest BCUT2D eigenvalue weighted by atomic mass is 127. The standard InChI is InChI=1S/C22H28N4O2.HI/c1-3-23-22(24-14-12-17-8-10-19(28-2)11-9-17)25-16-21(27)26-15-13-18-6-4-5-7-20(18)26;/h4-11H,3,12-16H2,1-2H3,(H2,23,24,25);1H. The van der Waals surface area contributed by atoms with Gasteiger partial charge in [-0.3, -0.25) is 4.79 Å². The minimum absolute atomic E-state index is 0. The van der Waals surface area contributed by atoms with Crippen molar-refractivity contribution in [1.29, 1.82) is 0 Å². The van der Waals surface area contributed by atoms with Crippen LogP contribution in [-0.4, -0.2) is 45.2 Å². The van der Waals surface area contributed by atoms with Crippen LogP contribution in [0.15, 0.2) is 53.5 Å². The number of hydrogen-bond donors (Lipinski definition) is 2. The number of nitrogens with zero attached hydrogens (tertiary/aromatic N) is 2. The van der Waals surface area contributed by atoms with Gasteiger partial charge in [0.2, 0.25) is 5.91 Å². The molecule has 1 aliphatic heterocycles. The quantitative estimate of drug-likeness (QED) is 0.343. The van der Waals surface area contributed by atoms with Crippen LogP contribution < -0.4 is 20.3 Å². The average molecular weight is 508 g/mol. The molecule has 0 atom stereocenters. The van der Waals surface area contributed by atoms with Crippen molar-refractivity contribution in [3.8, 4) is 5.75 Å². The Morgan fingerprint density at radius 3 is 2.62 bits per heavy atom. The number of anilines is 1. The SMILES string of the molecule is CCNC(=NCC(=O)N1CCc2ccccc21)NCCc1ccc(OC)cc1.I. The molecule has 0 aromatic heterocycles. The molecule has 0 aliphatic carbocycles. The van der Waals surface area contributed by atoms with E-state index in [1.807, 2.05) is 42.2 Å². The first kappa shape index (κ1) is 23.0. The molecule has 0 radical (unpaired) electrons. The summed E-state index contributed by atoms with van der Waals surface area (Å²) in [6, 6.07) is 16.1. The number of nitrogens with one attached hydrogen (secondary N) is 2. The molecule has 0 saturated heterocycles. The maximum atomic E-state index is 12.6. The number of methoxy groups -OCH3 is 1. The van der Waals surface area contributed by atoms with Crippen molar-refractivity contribution in [2.24, 2.45) is 4.99 Å². The first-order valence-corrected chi connectivity index (χ1v) is 9.74. The first-order valence-electron chi connectivity index (χ1n) is 9.74. The second kappa shape index (κ2) is 11.6. The number of rotatable bonds is 7. The normalized spacial score (nSPS) is 12.8. The highest BCUT2D eigenvalue weighted by Gasteiger charge is 2.23. The van der Waals surface area contributed by atoms with Gasteiger partial charge in [-0.2, -0.15) is 0 Å². The van der Waals surface area contributed by atoms with Crippen LogP contribution in [0.25, 0.3) is 0 Å². The molecule has 0 saturated carbocycles. The summed E-state index contributed by atoms with van der Waals surface area (Å²) in [5, 5.41) is 6.50. The number of fused-ring (bicyclic) bond motifs is 1.